The molecule has 0 aliphatic rings. The number of aryl methyl sites for hydroxylation is 4. The molecule has 234 valence electrons. The molecule has 0 spiro atoms. The summed E-state index contributed by atoms with van der Waals surface area (Å²) in [7, 11) is 0. The van der Waals surface area contributed by atoms with E-state index in [0.717, 1.165) is 0 Å². The number of hydrogen-bond acceptors (Lipinski definition) is 0. The summed E-state index contributed by atoms with van der Waals surface area (Å²) < 4.78 is 0. The first-order chi connectivity index (χ1) is 20.4. The summed E-state index contributed by atoms with van der Waals surface area (Å²) in [5.74, 6) is 0.573. The Labute approximate surface area is 291 Å². The van der Waals surface area contributed by atoms with E-state index in [1.54, 1.807) is 0 Å². The summed E-state index contributed by atoms with van der Waals surface area (Å²) in [5.41, 5.74) is 13.7. The molecule has 0 bridgehead atoms. The van der Waals surface area contributed by atoms with Crippen molar-refractivity contribution in [3.05, 3.63) is 145 Å². The fourth-order valence-electron chi connectivity index (χ4n) is 5.93. The molecule has 2 radical (unpaired) electrons. The van der Waals surface area contributed by atoms with E-state index < -0.39 is 0 Å². The Hall–Kier alpha value is -2.80. The maximum atomic E-state index is 3.06. The van der Waals surface area contributed by atoms with E-state index >= 15 is 0 Å². The van der Waals surface area contributed by atoms with Crippen LogP contribution >= 0.6 is 0 Å². The van der Waals surface area contributed by atoms with Crippen molar-refractivity contribution in [2.45, 2.75) is 73.6 Å². The topological polar surface area (TPSA) is 0 Å². The Morgan fingerprint density at radius 2 is 1.29 bits per heavy atom. The first kappa shape index (κ1) is 38.4. The van der Waals surface area contributed by atoms with Crippen molar-refractivity contribution in [2.24, 2.45) is 0 Å². The van der Waals surface area contributed by atoms with Crippen molar-refractivity contribution in [3.8, 4) is 22.3 Å². The Morgan fingerprint density at radius 1 is 0.644 bits per heavy atom. The van der Waals surface area contributed by atoms with Gasteiger partial charge in [-0.25, -0.2) is 0 Å². The molecule has 6 rings (SSSR count). The van der Waals surface area contributed by atoms with Gasteiger partial charge >= 0.3 is 30.2 Å². The predicted octanol–water partition coefficient (Wildman–Crippen LogP) is 12.6. The summed E-state index contributed by atoms with van der Waals surface area (Å²) in [5, 5.41) is 5.48. The molecule has 0 saturated carbocycles. The van der Waals surface area contributed by atoms with Gasteiger partial charge in [0.2, 0.25) is 0 Å². The summed E-state index contributed by atoms with van der Waals surface area (Å²) in [6, 6.07) is 36.1. The molecule has 6 aromatic rings. The van der Waals surface area contributed by atoms with Crippen LogP contribution in [-0.4, -0.2) is 6.88 Å². The quantitative estimate of drug-likeness (QED) is 0.128. The molecule has 0 aliphatic heterocycles. The van der Waals surface area contributed by atoms with E-state index in [0.29, 0.717) is 5.92 Å². The van der Waals surface area contributed by atoms with E-state index in [9.17, 15) is 0 Å². The van der Waals surface area contributed by atoms with Gasteiger partial charge in [0.15, 0.2) is 0 Å². The Bertz CT molecular complexity index is 1840. The van der Waals surface area contributed by atoms with Crippen molar-refractivity contribution < 1.29 is 23.3 Å². The van der Waals surface area contributed by atoms with Crippen LogP contribution in [0.2, 0.25) is 0 Å². The first-order valence-electron chi connectivity index (χ1n) is 15.2. The summed E-state index contributed by atoms with van der Waals surface area (Å²) >= 11 is 1.36. The monoisotopic (exact) mass is 684 g/mol. The Balaban J connectivity index is 0.000000287. The minimum absolute atomic E-state index is 0. The molecule has 2 heteroatoms. The number of fused-ring (bicyclic) bond motifs is 2. The van der Waals surface area contributed by atoms with Gasteiger partial charge in [0.25, 0.3) is 0 Å². The van der Waals surface area contributed by atoms with Crippen LogP contribution in [0.3, 0.4) is 0 Å². The summed E-state index contributed by atoms with van der Waals surface area (Å²) in [6.07, 6.45) is 0. The molecule has 0 fully saturated rings. The average molecular weight is 686 g/mol. The second-order valence-electron chi connectivity index (χ2n) is 13.2. The van der Waals surface area contributed by atoms with Gasteiger partial charge in [-0.05, 0) is 47.4 Å². The van der Waals surface area contributed by atoms with Gasteiger partial charge in [-0.1, -0.05) is 120 Å². The molecule has 0 amide bonds. The third kappa shape index (κ3) is 8.72. The standard InChI is InChI=1S/C22H25.C19H19.2CH3.Si.Zr/c1-15(2)18-13-17-7-6-8-20(21(17)14-18)16-9-11-19(12-10-16)22(3,4)5;1-12-5-7-16(15(4)9-12)17-8-6-14(3)18-10-13(2)11-19(17)18;;;;/h6-15H,1-5H3;5-11H,1-4H3;2*1H3;;/q4*-1;;. The number of hydrogen-bond donors (Lipinski definition) is 0. The van der Waals surface area contributed by atoms with Crippen LogP contribution in [0.4, 0.5) is 0 Å². The van der Waals surface area contributed by atoms with Crippen LogP contribution in [0.15, 0.2) is 97.1 Å². The van der Waals surface area contributed by atoms with Crippen molar-refractivity contribution in [2.75, 3.05) is 0 Å². The molecule has 0 unspecified atom stereocenters. The van der Waals surface area contributed by atoms with Crippen LogP contribution < -0.4 is 0 Å². The van der Waals surface area contributed by atoms with Crippen LogP contribution in [0.5, 0.6) is 0 Å². The van der Waals surface area contributed by atoms with Gasteiger partial charge in [-0.3, -0.25) is 0 Å². The first-order valence-corrected chi connectivity index (χ1v) is 19.4. The molecule has 0 heterocycles. The molecule has 0 atom stereocenters. The Kier molecular flexibility index (Phi) is 13.8. The number of rotatable bonds is 3. The van der Waals surface area contributed by atoms with Crippen molar-refractivity contribution >= 4 is 28.4 Å². The third-order valence-corrected chi connectivity index (χ3v) is 8.42. The van der Waals surface area contributed by atoms with E-state index in [4.69, 9.17) is 0 Å². The fourth-order valence-corrected chi connectivity index (χ4v) is 5.93. The van der Waals surface area contributed by atoms with E-state index in [1.807, 2.05) is 0 Å². The normalized spacial score (nSPS) is 10.8. The van der Waals surface area contributed by atoms with Gasteiger partial charge < -0.3 is 14.9 Å². The van der Waals surface area contributed by atoms with Crippen LogP contribution in [-0.2, 0) is 28.8 Å². The molecule has 0 saturated heterocycles. The average Bonchev–Trinajstić information content (AvgIpc) is 3.59. The van der Waals surface area contributed by atoms with Crippen molar-refractivity contribution in [3.63, 3.8) is 0 Å². The van der Waals surface area contributed by atoms with Gasteiger partial charge in [0.05, 0.1) is 0 Å². The predicted molar refractivity (Wildman–Crippen MR) is 200 cm³/mol. The molecular formula is C43H50SiZr-4. The van der Waals surface area contributed by atoms with Crippen LogP contribution in [0.1, 0.15) is 73.9 Å². The van der Waals surface area contributed by atoms with E-state index in [1.165, 1.54) is 101 Å². The zero-order valence-electron chi connectivity index (χ0n) is 29.3. The van der Waals surface area contributed by atoms with Gasteiger partial charge in [0, 0.05) is 0 Å². The van der Waals surface area contributed by atoms with E-state index in [2.05, 4.69) is 166 Å². The maximum absolute atomic E-state index is 3.06. The second kappa shape index (κ2) is 16.2. The molecule has 0 nitrogen and oxygen atoms in total. The number of benzene rings is 4. The SMILES string of the molecule is CC(C)c1cc2c(-c3ccc(C(C)(C)C)cc3)cccc2[cH-]1.Cc1ccc(-c2ccc(C)c3[cH-]c(C)cc23)c(C)c1.[CH3-].[CH3-].[Si]=[Zr]. The summed E-state index contributed by atoms with van der Waals surface area (Å²) in [4.78, 5) is 0. The fraction of sp³-hybridized carbons (Fsp3) is 0.256. The van der Waals surface area contributed by atoms with Gasteiger partial charge in [-0.15, -0.1) is 68.6 Å². The van der Waals surface area contributed by atoms with Gasteiger partial charge in [-0.2, -0.15) is 12.1 Å². The molecule has 0 aliphatic carbocycles. The second-order valence-corrected chi connectivity index (χ2v) is 13.2. The van der Waals surface area contributed by atoms with Crippen molar-refractivity contribution in [1.29, 1.82) is 0 Å². The molecule has 0 N–H and O–H groups in total. The van der Waals surface area contributed by atoms with Crippen molar-refractivity contribution in [1.82, 2.24) is 0 Å². The Morgan fingerprint density at radius 3 is 1.89 bits per heavy atom. The third-order valence-electron chi connectivity index (χ3n) is 8.42. The zero-order chi connectivity index (χ0) is 31.5. The molecular weight excluding hydrogens is 636 g/mol. The van der Waals surface area contributed by atoms with Gasteiger partial charge in [0.1, 0.15) is 0 Å². The molecule has 45 heavy (non-hydrogen) atoms. The molecule has 6 aromatic carbocycles. The molecule has 0 aromatic heterocycles. The minimum atomic E-state index is 0. The summed E-state index contributed by atoms with van der Waals surface area (Å²) in [6.45, 7) is 23.1. The van der Waals surface area contributed by atoms with Crippen LogP contribution in [0, 0.1) is 42.5 Å². The van der Waals surface area contributed by atoms with Crippen LogP contribution in [0.25, 0.3) is 43.8 Å². The zero-order valence-corrected chi connectivity index (χ0v) is 32.8. The van der Waals surface area contributed by atoms with E-state index in [-0.39, 0.29) is 20.3 Å².